The SMILES string of the molecule is CC1(C)CCSC(=NCCc2ccc3c(c2)OCCO3)N1. The van der Waals surface area contributed by atoms with Gasteiger partial charge in [0.1, 0.15) is 13.2 Å². The molecule has 4 nitrogen and oxygen atoms in total. The van der Waals surface area contributed by atoms with Crippen molar-refractivity contribution in [1.82, 2.24) is 5.32 Å². The number of benzene rings is 1. The maximum absolute atomic E-state index is 5.61. The van der Waals surface area contributed by atoms with E-state index in [1.807, 2.05) is 17.8 Å². The lowest BCUT2D eigenvalue weighted by atomic mass is 10.0. The van der Waals surface area contributed by atoms with Crippen LogP contribution in [0.15, 0.2) is 23.2 Å². The van der Waals surface area contributed by atoms with Gasteiger partial charge in [0.15, 0.2) is 16.7 Å². The second kappa shape index (κ2) is 6.18. The minimum absolute atomic E-state index is 0.168. The number of fused-ring (bicyclic) bond motifs is 1. The average molecular weight is 306 g/mol. The number of nitrogens with zero attached hydrogens (tertiary/aromatic N) is 1. The summed E-state index contributed by atoms with van der Waals surface area (Å²) in [5, 5.41) is 4.57. The molecule has 0 bridgehead atoms. The van der Waals surface area contributed by atoms with Gasteiger partial charge in [-0.2, -0.15) is 0 Å². The fourth-order valence-electron chi connectivity index (χ4n) is 2.41. The Labute approximate surface area is 130 Å². The highest BCUT2D eigenvalue weighted by molar-refractivity contribution is 8.13. The van der Waals surface area contributed by atoms with Gasteiger partial charge in [0.25, 0.3) is 0 Å². The summed E-state index contributed by atoms with van der Waals surface area (Å²) in [6.07, 6.45) is 2.10. The third kappa shape index (κ3) is 3.84. The largest absolute Gasteiger partial charge is 0.486 e. The minimum Gasteiger partial charge on any atom is -0.486 e. The van der Waals surface area contributed by atoms with Crippen LogP contribution in [0.4, 0.5) is 0 Å². The first-order valence-electron chi connectivity index (χ1n) is 7.46. The van der Waals surface area contributed by atoms with Crippen molar-refractivity contribution in [1.29, 1.82) is 0 Å². The molecule has 0 radical (unpaired) electrons. The third-order valence-electron chi connectivity index (χ3n) is 3.67. The fraction of sp³-hybridized carbons (Fsp3) is 0.562. The molecule has 0 atom stereocenters. The summed E-state index contributed by atoms with van der Waals surface area (Å²) >= 11 is 1.82. The first kappa shape index (κ1) is 14.6. The number of hydrogen-bond acceptors (Lipinski definition) is 4. The number of amidine groups is 1. The molecular weight excluding hydrogens is 284 g/mol. The monoisotopic (exact) mass is 306 g/mol. The molecule has 2 aliphatic rings. The predicted octanol–water partition coefficient (Wildman–Crippen LogP) is 2.86. The summed E-state index contributed by atoms with van der Waals surface area (Å²) in [7, 11) is 0. The van der Waals surface area contributed by atoms with Gasteiger partial charge < -0.3 is 14.8 Å². The molecule has 0 aromatic heterocycles. The molecule has 1 aromatic carbocycles. The fourth-order valence-corrected chi connectivity index (χ4v) is 3.74. The van der Waals surface area contributed by atoms with Gasteiger partial charge in [-0.05, 0) is 44.4 Å². The topological polar surface area (TPSA) is 42.9 Å². The molecule has 0 amide bonds. The van der Waals surface area contributed by atoms with Gasteiger partial charge in [-0.1, -0.05) is 17.8 Å². The third-order valence-corrected chi connectivity index (χ3v) is 4.59. The zero-order valence-corrected chi connectivity index (χ0v) is 13.5. The van der Waals surface area contributed by atoms with Crippen molar-refractivity contribution in [3.05, 3.63) is 23.8 Å². The Kier molecular flexibility index (Phi) is 4.29. The minimum atomic E-state index is 0.168. The van der Waals surface area contributed by atoms with Crippen LogP contribution < -0.4 is 14.8 Å². The van der Waals surface area contributed by atoms with E-state index in [9.17, 15) is 0 Å². The number of nitrogens with one attached hydrogen (secondary N) is 1. The average Bonchev–Trinajstić information content (AvgIpc) is 2.46. The van der Waals surface area contributed by atoms with Crippen LogP contribution in [0, 0.1) is 0 Å². The summed E-state index contributed by atoms with van der Waals surface area (Å²) in [6, 6.07) is 6.16. The molecule has 21 heavy (non-hydrogen) atoms. The quantitative estimate of drug-likeness (QED) is 0.932. The Morgan fingerprint density at radius 2 is 2.05 bits per heavy atom. The number of hydrogen-bond donors (Lipinski definition) is 1. The van der Waals surface area contributed by atoms with Gasteiger partial charge in [0.2, 0.25) is 0 Å². The van der Waals surface area contributed by atoms with Crippen molar-refractivity contribution in [2.75, 3.05) is 25.5 Å². The summed E-state index contributed by atoms with van der Waals surface area (Å²) in [5.74, 6) is 2.85. The van der Waals surface area contributed by atoms with E-state index in [0.29, 0.717) is 13.2 Å². The van der Waals surface area contributed by atoms with E-state index >= 15 is 0 Å². The summed E-state index contributed by atoms with van der Waals surface area (Å²) in [5.41, 5.74) is 1.41. The Morgan fingerprint density at radius 3 is 2.86 bits per heavy atom. The van der Waals surface area contributed by atoms with Crippen molar-refractivity contribution in [3.63, 3.8) is 0 Å². The predicted molar refractivity (Wildman–Crippen MR) is 87.7 cm³/mol. The molecule has 0 unspecified atom stereocenters. The van der Waals surface area contributed by atoms with Crippen LogP contribution in [0.5, 0.6) is 11.5 Å². The lowest BCUT2D eigenvalue weighted by molar-refractivity contribution is 0.171. The molecule has 1 saturated heterocycles. The standard InChI is InChI=1S/C16H22N2O2S/c1-16(2)6-10-21-15(18-16)17-7-5-12-3-4-13-14(11-12)20-9-8-19-13/h3-4,11H,5-10H2,1-2H3,(H,17,18). The van der Waals surface area contributed by atoms with Crippen molar-refractivity contribution in [2.45, 2.75) is 32.2 Å². The van der Waals surface area contributed by atoms with Gasteiger partial charge in [-0.3, -0.25) is 4.99 Å². The molecular formula is C16H22N2O2S. The van der Waals surface area contributed by atoms with E-state index in [0.717, 1.165) is 35.4 Å². The first-order chi connectivity index (χ1) is 10.1. The number of rotatable bonds is 3. The number of thioether (sulfide) groups is 1. The normalized spacial score (nSPS) is 21.9. The smallest absolute Gasteiger partial charge is 0.161 e. The molecule has 0 spiro atoms. The van der Waals surface area contributed by atoms with E-state index in [1.54, 1.807) is 0 Å². The van der Waals surface area contributed by atoms with Crippen molar-refractivity contribution < 1.29 is 9.47 Å². The summed E-state index contributed by atoms with van der Waals surface area (Å²) in [6.45, 7) is 6.52. The number of ether oxygens (including phenoxy) is 2. The van der Waals surface area contributed by atoms with Crippen LogP contribution in [0.3, 0.4) is 0 Å². The van der Waals surface area contributed by atoms with Crippen LogP contribution in [0.25, 0.3) is 0 Å². The Hall–Kier alpha value is -1.36. The van der Waals surface area contributed by atoms with Crippen LogP contribution >= 0.6 is 11.8 Å². The molecule has 1 fully saturated rings. The van der Waals surface area contributed by atoms with Gasteiger partial charge in [-0.25, -0.2) is 0 Å². The zero-order valence-electron chi connectivity index (χ0n) is 12.6. The highest BCUT2D eigenvalue weighted by Crippen LogP contribution is 2.30. The molecule has 3 rings (SSSR count). The maximum Gasteiger partial charge on any atom is 0.161 e. The van der Waals surface area contributed by atoms with Gasteiger partial charge in [0, 0.05) is 17.8 Å². The van der Waals surface area contributed by atoms with Gasteiger partial charge in [-0.15, -0.1) is 0 Å². The van der Waals surface area contributed by atoms with Crippen LogP contribution in [0.2, 0.25) is 0 Å². The molecule has 5 heteroatoms. The van der Waals surface area contributed by atoms with Crippen molar-refractivity contribution in [2.24, 2.45) is 4.99 Å². The van der Waals surface area contributed by atoms with Gasteiger partial charge >= 0.3 is 0 Å². The van der Waals surface area contributed by atoms with E-state index < -0.39 is 0 Å². The molecule has 0 aliphatic carbocycles. The van der Waals surface area contributed by atoms with Gasteiger partial charge in [0.05, 0.1) is 0 Å². The maximum atomic E-state index is 5.61. The molecule has 1 aromatic rings. The molecule has 2 aliphatic heterocycles. The summed E-state index contributed by atoms with van der Waals surface area (Å²) < 4.78 is 11.1. The van der Waals surface area contributed by atoms with E-state index in [2.05, 4.69) is 36.3 Å². The highest BCUT2D eigenvalue weighted by Gasteiger charge is 2.23. The first-order valence-corrected chi connectivity index (χ1v) is 8.45. The lowest BCUT2D eigenvalue weighted by Crippen LogP contribution is -2.46. The second-order valence-electron chi connectivity index (χ2n) is 6.02. The lowest BCUT2D eigenvalue weighted by Gasteiger charge is -2.32. The molecule has 1 N–H and O–H groups in total. The van der Waals surface area contributed by atoms with E-state index in [-0.39, 0.29) is 5.54 Å². The van der Waals surface area contributed by atoms with Crippen LogP contribution in [0.1, 0.15) is 25.8 Å². The van der Waals surface area contributed by atoms with Crippen LogP contribution in [-0.4, -0.2) is 36.2 Å². The van der Waals surface area contributed by atoms with E-state index in [4.69, 9.17) is 9.47 Å². The Morgan fingerprint density at radius 1 is 1.24 bits per heavy atom. The summed E-state index contributed by atoms with van der Waals surface area (Å²) in [4.78, 5) is 4.68. The Bertz CT molecular complexity index is 543. The second-order valence-corrected chi connectivity index (χ2v) is 7.11. The van der Waals surface area contributed by atoms with E-state index in [1.165, 1.54) is 12.0 Å². The molecule has 2 heterocycles. The highest BCUT2D eigenvalue weighted by atomic mass is 32.2. The molecule has 0 saturated carbocycles. The zero-order chi connectivity index (χ0) is 14.7. The number of aliphatic imine (C=N–C) groups is 1. The van der Waals surface area contributed by atoms with Crippen molar-refractivity contribution in [3.8, 4) is 11.5 Å². The van der Waals surface area contributed by atoms with Crippen LogP contribution in [-0.2, 0) is 6.42 Å². The van der Waals surface area contributed by atoms with Crippen molar-refractivity contribution >= 4 is 16.9 Å². The Balaban J connectivity index is 1.58. The molecule has 114 valence electrons.